The van der Waals surface area contributed by atoms with Crippen LogP contribution in [0.15, 0.2) is 152 Å². The van der Waals surface area contributed by atoms with Gasteiger partial charge in [-0.3, -0.25) is 8.97 Å². The van der Waals surface area contributed by atoms with Crippen LogP contribution in [0, 0.1) is 0 Å². The van der Waals surface area contributed by atoms with Crippen LogP contribution in [0.5, 0.6) is 23.0 Å². The second-order valence-corrected chi connectivity index (χ2v) is 13.2. The monoisotopic (exact) mass is 640 g/mol. The predicted molar refractivity (Wildman–Crippen MR) is 202 cm³/mol. The van der Waals surface area contributed by atoms with Crippen LogP contribution in [0.4, 0.5) is 0 Å². The van der Waals surface area contributed by atoms with Gasteiger partial charge in [0.25, 0.3) is 6.71 Å². The van der Waals surface area contributed by atoms with E-state index in [4.69, 9.17) is 14.5 Å². The van der Waals surface area contributed by atoms with Crippen LogP contribution in [0.3, 0.4) is 0 Å². The minimum absolute atomic E-state index is 0.0391. The predicted octanol–water partition coefficient (Wildman–Crippen LogP) is 8.26. The molecule has 0 amide bonds. The topological polar surface area (TPSA) is 45.6 Å². The lowest BCUT2D eigenvalue weighted by Crippen LogP contribution is -2.57. The lowest BCUT2D eigenvalue weighted by Gasteiger charge is -2.33. The minimum atomic E-state index is 0.0391. The zero-order valence-electron chi connectivity index (χ0n) is 26.6. The normalized spacial score (nSPS) is 13.1. The first-order chi connectivity index (χ1) is 24.8. The van der Waals surface area contributed by atoms with E-state index in [1.54, 1.807) is 0 Å². The number of hydrogen-bond donors (Lipinski definition) is 0. The molecule has 7 aromatic carbocycles. The van der Waals surface area contributed by atoms with Crippen molar-refractivity contribution >= 4 is 72.8 Å². The molecule has 0 saturated carbocycles. The Morgan fingerprint density at radius 1 is 0.440 bits per heavy atom. The van der Waals surface area contributed by atoms with Gasteiger partial charge in [-0.1, -0.05) is 78.9 Å². The molecule has 0 radical (unpaired) electrons. The first-order valence-electron chi connectivity index (χ1n) is 16.9. The van der Waals surface area contributed by atoms with Crippen LogP contribution < -0.4 is 25.9 Å². The summed E-state index contributed by atoms with van der Waals surface area (Å²) in [6.45, 7) is 0.0391. The van der Waals surface area contributed by atoms with Crippen LogP contribution in [0.2, 0.25) is 0 Å². The zero-order valence-corrected chi connectivity index (χ0v) is 26.6. The highest BCUT2D eigenvalue weighted by atomic mass is 16.5. The third-order valence-electron chi connectivity index (χ3n) is 10.6. The number of imidazole rings is 2. The molecule has 0 N–H and O–H groups in total. The summed E-state index contributed by atoms with van der Waals surface area (Å²) in [6, 6.07) is 53.3. The molecule has 0 unspecified atom stereocenters. The SMILES string of the molecule is c1ccc2c(c1)Oc1cc(-n3c4ccccc4c4cc(-n5c6ccccc6n6c7ccccc7nc56)ccc43)cc3c1B2c1ccccc1O3. The number of nitrogens with zero attached hydrogens (tertiary/aromatic N) is 4. The van der Waals surface area contributed by atoms with Crippen molar-refractivity contribution in [3.8, 4) is 34.4 Å². The van der Waals surface area contributed by atoms with Gasteiger partial charge in [-0.25, -0.2) is 4.98 Å². The highest BCUT2D eigenvalue weighted by Gasteiger charge is 2.40. The van der Waals surface area contributed by atoms with E-state index in [0.717, 1.165) is 95.0 Å². The average molecular weight is 641 g/mol. The van der Waals surface area contributed by atoms with E-state index in [1.807, 2.05) is 18.2 Å². The van der Waals surface area contributed by atoms with E-state index in [0.29, 0.717) is 0 Å². The second kappa shape index (κ2) is 9.46. The molecule has 0 aliphatic carbocycles. The van der Waals surface area contributed by atoms with Gasteiger partial charge in [-0.05, 0) is 71.6 Å². The van der Waals surface area contributed by atoms with Gasteiger partial charge in [-0.2, -0.15) is 0 Å². The molecular formula is C43H25BN4O2. The van der Waals surface area contributed by atoms with Gasteiger partial charge >= 0.3 is 0 Å². The molecule has 3 aromatic heterocycles. The van der Waals surface area contributed by atoms with Crippen molar-refractivity contribution in [3.63, 3.8) is 0 Å². The molecule has 232 valence electrons. The summed E-state index contributed by atoms with van der Waals surface area (Å²) in [5.41, 5.74) is 12.0. The second-order valence-electron chi connectivity index (χ2n) is 13.2. The van der Waals surface area contributed by atoms with Crippen LogP contribution >= 0.6 is 0 Å². The summed E-state index contributed by atoms with van der Waals surface area (Å²) < 4.78 is 20.2. The van der Waals surface area contributed by atoms with Crippen molar-refractivity contribution in [2.75, 3.05) is 0 Å². The molecular weight excluding hydrogens is 615 g/mol. The number of benzene rings is 7. The van der Waals surface area contributed by atoms with Crippen molar-refractivity contribution < 1.29 is 9.47 Å². The van der Waals surface area contributed by atoms with Gasteiger partial charge in [0.15, 0.2) is 0 Å². The summed E-state index contributed by atoms with van der Waals surface area (Å²) >= 11 is 0. The molecule has 0 spiro atoms. The molecule has 0 fully saturated rings. The van der Waals surface area contributed by atoms with E-state index in [2.05, 4.69) is 147 Å². The average Bonchev–Trinajstić information content (AvgIpc) is 3.81. The van der Waals surface area contributed by atoms with E-state index in [1.165, 1.54) is 5.39 Å². The number of aromatic nitrogens is 4. The quantitative estimate of drug-likeness (QED) is 0.179. The summed E-state index contributed by atoms with van der Waals surface area (Å²) in [7, 11) is 0. The van der Waals surface area contributed by atoms with E-state index in [-0.39, 0.29) is 6.71 Å². The molecule has 2 aliphatic heterocycles. The Labute approximate surface area is 286 Å². The standard InChI is InChI=1S/C43H25BN4O2/c1-5-15-33-28(11-1)29-23-26(47-36-17-7-8-18-37(36)48-35-16-6-4-14-32(35)45-43(47)48)21-22-34(29)46(33)27-24-40-42-41(25-27)50-39-20-10-3-13-31(39)44(42)30-12-2-9-19-38(30)49-40/h1-25H. The van der Waals surface area contributed by atoms with Crippen molar-refractivity contribution in [3.05, 3.63) is 152 Å². The maximum atomic E-state index is 6.67. The Balaban J connectivity index is 1.10. The molecule has 0 atom stereocenters. The molecule has 10 aromatic rings. The van der Waals surface area contributed by atoms with Crippen molar-refractivity contribution in [2.24, 2.45) is 0 Å². The fourth-order valence-electron chi connectivity index (χ4n) is 8.49. The Morgan fingerprint density at radius 3 is 1.80 bits per heavy atom. The van der Waals surface area contributed by atoms with Gasteiger partial charge in [0.1, 0.15) is 23.0 Å². The summed E-state index contributed by atoms with van der Waals surface area (Å²) in [5.74, 6) is 4.31. The third-order valence-corrected chi connectivity index (χ3v) is 10.6. The van der Waals surface area contributed by atoms with Gasteiger partial charge in [0.05, 0.1) is 38.8 Å². The van der Waals surface area contributed by atoms with Gasteiger partial charge in [0, 0.05) is 34.1 Å². The fourth-order valence-corrected chi connectivity index (χ4v) is 8.49. The Bertz CT molecular complexity index is 3010. The molecule has 7 heteroatoms. The first kappa shape index (κ1) is 26.3. The zero-order chi connectivity index (χ0) is 32.5. The summed E-state index contributed by atoms with van der Waals surface area (Å²) in [6.07, 6.45) is 0. The Morgan fingerprint density at radius 2 is 1.04 bits per heavy atom. The maximum Gasteiger partial charge on any atom is 0.260 e. The number of para-hydroxylation sites is 7. The van der Waals surface area contributed by atoms with E-state index >= 15 is 0 Å². The maximum absolute atomic E-state index is 6.67. The number of hydrogen-bond acceptors (Lipinski definition) is 3. The Kier molecular flexibility index (Phi) is 4.96. The van der Waals surface area contributed by atoms with Crippen LogP contribution in [-0.4, -0.2) is 25.2 Å². The van der Waals surface area contributed by atoms with Gasteiger partial charge in [-0.15, -0.1) is 0 Å². The highest BCUT2D eigenvalue weighted by molar-refractivity contribution is 6.98. The first-order valence-corrected chi connectivity index (χ1v) is 16.9. The molecule has 5 heterocycles. The van der Waals surface area contributed by atoms with Crippen LogP contribution in [0.1, 0.15) is 0 Å². The summed E-state index contributed by atoms with van der Waals surface area (Å²) in [4.78, 5) is 5.12. The molecule has 6 nitrogen and oxygen atoms in total. The highest BCUT2D eigenvalue weighted by Crippen LogP contribution is 2.40. The molecule has 0 bridgehead atoms. The van der Waals surface area contributed by atoms with Crippen LogP contribution in [-0.2, 0) is 0 Å². The lowest BCUT2D eigenvalue weighted by atomic mass is 9.35. The summed E-state index contributed by atoms with van der Waals surface area (Å²) in [5, 5.41) is 2.33. The third kappa shape index (κ3) is 3.35. The van der Waals surface area contributed by atoms with E-state index < -0.39 is 0 Å². The number of rotatable bonds is 2. The smallest absolute Gasteiger partial charge is 0.260 e. The van der Waals surface area contributed by atoms with Crippen molar-refractivity contribution in [2.45, 2.75) is 0 Å². The van der Waals surface area contributed by atoms with Gasteiger partial charge < -0.3 is 14.0 Å². The number of ether oxygens (including phenoxy) is 2. The van der Waals surface area contributed by atoms with Crippen molar-refractivity contribution in [1.29, 1.82) is 0 Å². The number of fused-ring (bicyclic) bond motifs is 12. The molecule has 0 saturated heterocycles. The van der Waals surface area contributed by atoms with Crippen molar-refractivity contribution in [1.82, 2.24) is 18.5 Å². The van der Waals surface area contributed by atoms with Gasteiger partial charge in [0.2, 0.25) is 5.78 Å². The molecule has 50 heavy (non-hydrogen) atoms. The lowest BCUT2D eigenvalue weighted by molar-refractivity contribution is 0.464. The molecule has 12 rings (SSSR count). The minimum Gasteiger partial charge on any atom is -0.458 e. The largest absolute Gasteiger partial charge is 0.458 e. The van der Waals surface area contributed by atoms with Crippen LogP contribution in [0.25, 0.3) is 61.0 Å². The molecule has 2 aliphatic rings. The Hall–Kier alpha value is -6.73. The fraction of sp³-hybridized carbons (Fsp3) is 0. The van der Waals surface area contributed by atoms with E-state index in [9.17, 15) is 0 Å².